The van der Waals surface area contributed by atoms with Crippen molar-refractivity contribution in [2.45, 2.75) is 38.5 Å². The van der Waals surface area contributed by atoms with E-state index in [1.165, 1.54) is 0 Å². The van der Waals surface area contributed by atoms with Gasteiger partial charge >= 0.3 is 5.97 Å². The van der Waals surface area contributed by atoms with Gasteiger partial charge in [-0.05, 0) is 77.5 Å². The number of dihydropyridines is 1. The summed E-state index contributed by atoms with van der Waals surface area (Å²) in [5.74, 6) is 0.915. The first-order valence-electron chi connectivity index (χ1n) is 13.4. The maximum atomic E-state index is 14.0. The molecule has 1 aliphatic carbocycles. The molecule has 0 spiro atoms. The number of carbonyl (C=O) groups excluding carboxylic acids is 2. The summed E-state index contributed by atoms with van der Waals surface area (Å²) in [5.41, 5.74) is 4.00. The Morgan fingerprint density at radius 2 is 1.63 bits per heavy atom. The van der Waals surface area contributed by atoms with E-state index < -0.39 is 11.9 Å². The topological polar surface area (TPSA) is 102 Å². The molecule has 10 heteroatoms. The second-order valence-electron chi connectivity index (χ2n) is 9.70. The van der Waals surface area contributed by atoms with Crippen LogP contribution in [0.15, 0.2) is 57.3 Å². The van der Waals surface area contributed by atoms with E-state index in [1.54, 1.807) is 34.5 Å². The molecule has 0 saturated carbocycles. The van der Waals surface area contributed by atoms with Gasteiger partial charge in [-0.3, -0.25) is 4.79 Å². The zero-order chi connectivity index (χ0) is 29.7. The van der Waals surface area contributed by atoms with Crippen LogP contribution in [0.3, 0.4) is 0 Å². The number of methoxy groups -OCH3 is 4. The molecule has 0 radical (unpaired) electrons. The number of ether oxygens (including phenoxy) is 6. The number of Topliss-reactive ketones (excluding diaryl/α,β-unsaturated/α-hetero) is 1. The number of nitrogens with one attached hydrogen (secondary N) is 1. The van der Waals surface area contributed by atoms with E-state index in [-0.39, 0.29) is 31.3 Å². The Morgan fingerprint density at radius 3 is 2.29 bits per heavy atom. The van der Waals surface area contributed by atoms with E-state index in [0.717, 1.165) is 11.3 Å². The minimum Gasteiger partial charge on any atom is -0.493 e. The van der Waals surface area contributed by atoms with Crippen molar-refractivity contribution in [2.75, 3.05) is 48.3 Å². The summed E-state index contributed by atoms with van der Waals surface area (Å²) < 4.78 is 33.6. The lowest BCUT2D eigenvalue weighted by Gasteiger charge is -2.37. The Morgan fingerprint density at radius 1 is 0.927 bits per heavy atom. The average Bonchev–Trinajstić information content (AvgIpc) is 2.97. The number of esters is 1. The predicted octanol–water partition coefficient (Wildman–Crippen LogP) is 5.42. The molecule has 220 valence electrons. The van der Waals surface area contributed by atoms with Crippen molar-refractivity contribution in [1.82, 2.24) is 5.32 Å². The number of benzene rings is 2. The first-order valence-corrected chi connectivity index (χ1v) is 14.2. The van der Waals surface area contributed by atoms with Crippen LogP contribution in [0.1, 0.15) is 49.7 Å². The van der Waals surface area contributed by atoms with E-state index >= 15 is 0 Å². The Hall–Kier alpha value is -3.50. The number of hydrogen-bond acceptors (Lipinski definition) is 9. The van der Waals surface area contributed by atoms with Gasteiger partial charge in [-0.25, -0.2) is 4.79 Å². The zero-order valence-corrected chi connectivity index (χ0v) is 25.8. The van der Waals surface area contributed by atoms with Crippen LogP contribution >= 0.6 is 15.9 Å². The fourth-order valence-electron chi connectivity index (χ4n) is 5.51. The minimum atomic E-state index is -0.666. The molecule has 0 unspecified atom stereocenters. The number of carbonyl (C=O) groups is 2. The fraction of sp³-hybridized carbons (Fsp3) is 0.419. The fourth-order valence-corrected chi connectivity index (χ4v) is 6.13. The maximum absolute atomic E-state index is 14.0. The quantitative estimate of drug-likeness (QED) is 0.258. The van der Waals surface area contributed by atoms with Crippen molar-refractivity contribution in [3.63, 3.8) is 0 Å². The Balaban J connectivity index is 1.79. The molecule has 2 aromatic carbocycles. The molecule has 1 N–H and O–H groups in total. The van der Waals surface area contributed by atoms with Crippen molar-refractivity contribution < 1.29 is 38.0 Å². The summed E-state index contributed by atoms with van der Waals surface area (Å²) in [5, 5.41) is 3.38. The smallest absolute Gasteiger partial charge is 0.336 e. The van der Waals surface area contributed by atoms with Crippen LogP contribution in [-0.2, 0) is 19.1 Å². The number of rotatable bonds is 11. The third kappa shape index (κ3) is 6.23. The lowest BCUT2D eigenvalue weighted by Crippen LogP contribution is -2.36. The van der Waals surface area contributed by atoms with Gasteiger partial charge in [0.2, 0.25) is 0 Å². The van der Waals surface area contributed by atoms with Gasteiger partial charge in [0.05, 0.1) is 45.1 Å². The number of hydrogen-bond donors (Lipinski definition) is 1. The molecule has 41 heavy (non-hydrogen) atoms. The van der Waals surface area contributed by atoms with Gasteiger partial charge in [-0.15, -0.1) is 0 Å². The molecule has 2 atom stereocenters. The molecular formula is C31H36BrNO8. The van der Waals surface area contributed by atoms with Crippen LogP contribution < -0.4 is 24.3 Å². The molecule has 0 bridgehead atoms. The van der Waals surface area contributed by atoms with Gasteiger partial charge in [-0.1, -0.05) is 6.07 Å². The van der Waals surface area contributed by atoms with E-state index in [9.17, 15) is 9.59 Å². The Bertz CT molecular complexity index is 1380. The predicted molar refractivity (Wildman–Crippen MR) is 157 cm³/mol. The SMILES string of the molecule is CCOCCOC(=O)C1=C(C)NC2=C(C(=O)C[C@@H](c3ccc(OC)c(OC)c3)C2)[C@H]1c1cc(Br)c(OC)c(OC)c1. The summed E-state index contributed by atoms with van der Waals surface area (Å²) in [4.78, 5) is 27.5. The van der Waals surface area contributed by atoms with Crippen LogP contribution in [0, 0.1) is 0 Å². The molecule has 2 aliphatic rings. The molecular weight excluding hydrogens is 594 g/mol. The highest BCUT2D eigenvalue weighted by Crippen LogP contribution is 2.49. The van der Waals surface area contributed by atoms with Crippen molar-refractivity contribution in [3.8, 4) is 23.0 Å². The summed E-state index contributed by atoms with van der Waals surface area (Å²) in [7, 11) is 6.28. The second kappa shape index (κ2) is 13.4. The summed E-state index contributed by atoms with van der Waals surface area (Å²) >= 11 is 3.57. The van der Waals surface area contributed by atoms with Crippen molar-refractivity contribution in [3.05, 3.63) is 68.5 Å². The summed E-state index contributed by atoms with van der Waals surface area (Å²) in [6.07, 6.45) is 0.845. The summed E-state index contributed by atoms with van der Waals surface area (Å²) in [6, 6.07) is 9.38. The van der Waals surface area contributed by atoms with Gasteiger partial charge in [-0.2, -0.15) is 0 Å². The van der Waals surface area contributed by atoms with Gasteiger partial charge in [0, 0.05) is 35.9 Å². The van der Waals surface area contributed by atoms with Crippen molar-refractivity contribution in [2.24, 2.45) is 0 Å². The lowest BCUT2D eigenvalue weighted by molar-refractivity contribution is -0.140. The van der Waals surface area contributed by atoms with Crippen LogP contribution in [0.4, 0.5) is 0 Å². The van der Waals surface area contributed by atoms with Gasteiger partial charge < -0.3 is 33.7 Å². The number of halogens is 1. The Labute approximate surface area is 248 Å². The minimum absolute atomic E-state index is 0.0541. The van der Waals surface area contributed by atoms with Crippen LogP contribution in [0.5, 0.6) is 23.0 Å². The second-order valence-corrected chi connectivity index (χ2v) is 10.6. The molecule has 0 saturated heterocycles. The van der Waals surface area contributed by atoms with Crippen molar-refractivity contribution in [1.29, 1.82) is 0 Å². The molecule has 0 amide bonds. The molecule has 0 aromatic heterocycles. The largest absolute Gasteiger partial charge is 0.493 e. The van der Waals surface area contributed by atoms with Gasteiger partial charge in [0.15, 0.2) is 28.8 Å². The molecule has 4 rings (SSSR count). The maximum Gasteiger partial charge on any atom is 0.336 e. The molecule has 2 aromatic rings. The Kier molecular flexibility index (Phi) is 9.99. The highest BCUT2D eigenvalue weighted by atomic mass is 79.9. The first-order chi connectivity index (χ1) is 19.8. The molecule has 1 heterocycles. The third-order valence-electron chi connectivity index (χ3n) is 7.38. The van der Waals surface area contributed by atoms with E-state index in [1.807, 2.05) is 38.1 Å². The lowest BCUT2D eigenvalue weighted by atomic mass is 9.71. The van der Waals surface area contributed by atoms with Crippen LogP contribution in [0.25, 0.3) is 0 Å². The number of allylic oxidation sites excluding steroid dienone is 3. The number of ketones is 1. The van der Waals surface area contributed by atoms with Gasteiger partial charge in [0.1, 0.15) is 6.61 Å². The third-order valence-corrected chi connectivity index (χ3v) is 7.97. The summed E-state index contributed by atoms with van der Waals surface area (Å²) in [6.45, 7) is 4.62. The molecule has 1 aliphatic heterocycles. The highest BCUT2D eigenvalue weighted by Gasteiger charge is 2.42. The van der Waals surface area contributed by atoms with Gasteiger partial charge in [0.25, 0.3) is 0 Å². The van der Waals surface area contributed by atoms with Crippen LogP contribution in [-0.4, -0.2) is 60.0 Å². The van der Waals surface area contributed by atoms with Crippen molar-refractivity contribution >= 4 is 27.7 Å². The van der Waals surface area contributed by atoms with E-state index in [0.29, 0.717) is 62.9 Å². The highest BCUT2D eigenvalue weighted by molar-refractivity contribution is 9.10. The average molecular weight is 631 g/mol. The molecule has 9 nitrogen and oxygen atoms in total. The standard InChI is InChI=1S/C31H36BrNO8/c1-7-40-10-11-41-31(35)27-17(2)33-22-13-19(18-8-9-24(36-3)25(15-18)37-4)14-23(34)29(22)28(27)20-12-21(32)30(39-6)26(16-20)38-5/h8-9,12,15-16,19,28,33H,7,10-11,13-14H2,1-6H3/t19-,28-/m0/s1. The molecule has 0 fully saturated rings. The first kappa shape index (κ1) is 30.5. The van der Waals surface area contributed by atoms with E-state index in [4.69, 9.17) is 28.4 Å². The van der Waals surface area contributed by atoms with E-state index in [2.05, 4.69) is 21.2 Å². The monoisotopic (exact) mass is 629 g/mol. The van der Waals surface area contributed by atoms with Crippen LogP contribution in [0.2, 0.25) is 0 Å². The zero-order valence-electron chi connectivity index (χ0n) is 24.2. The normalized spacial score (nSPS) is 18.5.